The highest BCUT2D eigenvalue weighted by Gasteiger charge is 2.20. The molecule has 20 heavy (non-hydrogen) atoms. The van der Waals surface area contributed by atoms with Crippen LogP contribution in [0.15, 0.2) is 42.5 Å². The van der Waals surface area contributed by atoms with Crippen LogP contribution in [0.3, 0.4) is 0 Å². The fraction of sp³-hybridized carbons (Fsp3) is 0.294. The number of fused-ring (bicyclic) bond motifs is 1. The number of halogens is 1. The molecule has 2 aromatic carbocycles. The van der Waals surface area contributed by atoms with E-state index < -0.39 is 0 Å². The van der Waals surface area contributed by atoms with E-state index in [0.29, 0.717) is 6.04 Å². The highest BCUT2D eigenvalue weighted by Crippen LogP contribution is 2.34. The van der Waals surface area contributed by atoms with E-state index in [1.807, 2.05) is 0 Å². The number of nitrogens with one attached hydrogen (secondary N) is 1. The summed E-state index contributed by atoms with van der Waals surface area (Å²) in [5, 5.41) is 3.67. The molecular formula is C17H18INO. The number of hydrogen-bond acceptors (Lipinski definition) is 2. The third-order valence-electron chi connectivity index (χ3n) is 3.83. The van der Waals surface area contributed by atoms with Crippen LogP contribution in [-0.4, -0.2) is 7.11 Å². The summed E-state index contributed by atoms with van der Waals surface area (Å²) in [4.78, 5) is 0. The molecule has 0 amide bonds. The lowest BCUT2D eigenvalue weighted by Gasteiger charge is -2.27. The van der Waals surface area contributed by atoms with Crippen molar-refractivity contribution in [1.29, 1.82) is 0 Å². The molecule has 0 saturated carbocycles. The first-order valence-electron chi connectivity index (χ1n) is 6.95. The Balaban J connectivity index is 1.89. The Kier molecular flexibility index (Phi) is 4.15. The second-order valence-electron chi connectivity index (χ2n) is 5.16. The Morgan fingerprint density at radius 2 is 2.10 bits per heavy atom. The molecule has 3 rings (SSSR count). The Hall–Kier alpha value is -1.23. The molecule has 0 aliphatic heterocycles. The first-order chi connectivity index (χ1) is 9.76. The molecule has 1 N–H and O–H groups in total. The van der Waals surface area contributed by atoms with Gasteiger partial charge in [0.15, 0.2) is 0 Å². The van der Waals surface area contributed by atoms with Crippen molar-refractivity contribution in [2.24, 2.45) is 0 Å². The number of anilines is 1. The lowest BCUT2D eigenvalue weighted by molar-refractivity contribution is 0.413. The number of benzene rings is 2. The van der Waals surface area contributed by atoms with Crippen molar-refractivity contribution in [1.82, 2.24) is 0 Å². The van der Waals surface area contributed by atoms with Gasteiger partial charge < -0.3 is 10.1 Å². The number of rotatable bonds is 3. The Morgan fingerprint density at radius 3 is 2.90 bits per heavy atom. The molecular weight excluding hydrogens is 361 g/mol. The minimum atomic E-state index is 0.382. The van der Waals surface area contributed by atoms with Gasteiger partial charge in [0, 0.05) is 9.26 Å². The van der Waals surface area contributed by atoms with E-state index >= 15 is 0 Å². The van der Waals surface area contributed by atoms with Crippen molar-refractivity contribution in [2.75, 3.05) is 12.4 Å². The highest BCUT2D eigenvalue weighted by molar-refractivity contribution is 14.1. The van der Waals surface area contributed by atoms with Gasteiger partial charge in [-0.1, -0.05) is 12.1 Å². The maximum absolute atomic E-state index is 5.37. The zero-order valence-electron chi connectivity index (χ0n) is 11.5. The normalized spacial score (nSPS) is 17.4. The van der Waals surface area contributed by atoms with Crippen molar-refractivity contribution in [2.45, 2.75) is 25.3 Å². The van der Waals surface area contributed by atoms with E-state index in [1.54, 1.807) is 7.11 Å². The summed E-state index contributed by atoms with van der Waals surface area (Å²) >= 11 is 2.35. The van der Waals surface area contributed by atoms with Crippen LogP contribution in [-0.2, 0) is 6.42 Å². The third kappa shape index (κ3) is 2.92. The fourth-order valence-corrected chi connectivity index (χ4v) is 3.38. The molecule has 0 bridgehead atoms. The number of aryl methyl sites for hydroxylation is 1. The smallest absolute Gasteiger partial charge is 0.119 e. The van der Waals surface area contributed by atoms with Crippen LogP contribution in [0.4, 0.5) is 5.69 Å². The van der Waals surface area contributed by atoms with Crippen LogP contribution in [0.5, 0.6) is 5.75 Å². The van der Waals surface area contributed by atoms with Crippen molar-refractivity contribution in [3.63, 3.8) is 0 Å². The van der Waals surface area contributed by atoms with Gasteiger partial charge in [-0.15, -0.1) is 0 Å². The van der Waals surface area contributed by atoms with Gasteiger partial charge in [0.1, 0.15) is 5.75 Å². The maximum atomic E-state index is 5.37. The van der Waals surface area contributed by atoms with Crippen LogP contribution >= 0.6 is 22.6 Å². The number of hydrogen-bond donors (Lipinski definition) is 1. The molecule has 1 atom stereocenters. The summed E-state index contributed by atoms with van der Waals surface area (Å²) < 4.78 is 6.63. The van der Waals surface area contributed by atoms with E-state index in [4.69, 9.17) is 4.74 Å². The summed E-state index contributed by atoms with van der Waals surface area (Å²) in [6.45, 7) is 0. The van der Waals surface area contributed by atoms with Crippen LogP contribution in [0.2, 0.25) is 0 Å². The molecule has 1 aliphatic carbocycles. The van der Waals surface area contributed by atoms with Crippen molar-refractivity contribution < 1.29 is 4.74 Å². The summed E-state index contributed by atoms with van der Waals surface area (Å²) in [5.74, 6) is 0.945. The maximum Gasteiger partial charge on any atom is 0.119 e. The van der Waals surface area contributed by atoms with Crippen molar-refractivity contribution in [3.8, 4) is 5.75 Å². The monoisotopic (exact) mass is 379 g/mol. The molecule has 2 aromatic rings. The Morgan fingerprint density at radius 1 is 1.20 bits per heavy atom. The molecule has 1 aliphatic rings. The number of ether oxygens (including phenoxy) is 1. The molecule has 0 aromatic heterocycles. The second-order valence-corrected chi connectivity index (χ2v) is 6.41. The SMILES string of the molecule is COc1ccc2c(c1)C(Nc1cccc(I)c1)CCC2. The predicted octanol–water partition coefficient (Wildman–Crippen LogP) is 4.79. The van der Waals surface area contributed by atoms with Gasteiger partial charge in [-0.3, -0.25) is 0 Å². The first kappa shape index (κ1) is 13.7. The quantitative estimate of drug-likeness (QED) is 0.775. The van der Waals surface area contributed by atoms with Crippen LogP contribution < -0.4 is 10.1 Å². The summed E-state index contributed by atoms with van der Waals surface area (Å²) in [7, 11) is 1.73. The van der Waals surface area contributed by atoms with Crippen LogP contribution in [0, 0.1) is 3.57 Å². The Labute approximate surface area is 133 Å². The zero-order chi connectivity index (χ0) is 13.9. The van der Waals surface area contributed by atoms with E-state index in [-0.39, 0.29) is 0 Å². The van der Waals surface area contributed by atoms with Crippen LogP contribution in [0.1, 0.15) is 30.0 Å². The summed E-state index contributed by atoms with van der Waals surface area (Å²) in [6, 6.07) is 15.4. The standard InChI is InChI=1S/C17H18INO/c1-20-15-9-8-12-4-2-7-17(16(12)11-15)19-14-6-3-5-13(18)10-14/h3,5-6,8-11,17,19H,2,4,7H2,1H3. The highest BCUT2D eigenvalue weighted by atomic mass is 127. The molecule has 0 fully saturated rings. The molecule has 0 spiro atoms. The van der Waals surface area contributed by atoms with Crippen LogP contribution in [0.25, 0.3) is 0 Å². The fourth-order valence-electron chi connectivity index (χ4n) is 2.83. The summed E-state index contributed by atoms with van der Waals surface area (Å²) in [5.41, 5.74) is 4.02. The lowest BCUT2D eigenvalue weighted by atomic mass is 9.87. The summed E-state index contributed by atoms with van der Waals surface area (Å²) in [6.07, 6.45) is 3.58. The minimum Gasteiger partial charge on any atom is -0.497 e. The van der Waals surface area contributed by atoms with E-state index in [0.717, 1.165) is 5.75 Å². The van der Waals surface area contributed by atoms with Gasteiger partial charge in [-0.2, -0.15) is 0 Å². The second kappa shape index (κ2) is 6.04. The molecule has 3 heteroatoms. The van der Waals surface area contributed by atoms with Crippen molar-refractivity contribution >= 4 is 28.3 Å². The molecule has 0 radical (unpaired) electrons. The zero-order valence-corrected chi connectivity index (χ0v) is 13.7. The van der Waals surface area contributed by atoms with Gasteiger partial charge >= 0.3 is 0 Å². The molecule has 104 valence electrons. The van der Waals surface area contributed by atoms with E-state index in [1.165, 1.54) is 39.6 Å². The third-order valence-corrected chi connectivity index (χ3v) is 4.50. The van der Waals surface area contributed by atoms with Gasteiger partial charge in [-0.25, -0.2) is 0 Å². The lowest BCUT2D eigenvalue weighted by Crippen LogP contribution is -2.17. The van der Waals surface area contributed by atoms with Gasteiger partial charge in [0.05, 0.1) is 13.2 Å². The van der Waals surface area contributed by atoms with Crippen molar-refractivity contribution in [3.05, 3.63) is 57.2 Å². The number of methoxy groups -OCH3 is 1. The molecule has 1 unspecified atom stereocenters. The predicted molar refractivity (Wildman–Crippen MR) is 91.5 cm³/mol. The van der Waals surface area contributed by atoms with E-state index in [9.17, 15) is 0 Å². The van der Waals surface area contributed by atoms with Gasteiger partial charge in [0.25, 0.3) is 0 Å². The molecule has 0 saturated heterocycles. The largest absolute Gasteiger partial charge is 0.497 e. The first-order valence-corrected chi connectivity index (χ1v) is 8.03. The van der Waals surface area contributed by atoms with E-state index in [2.05, 4.69) is 70.4 Å². The van der Waals surface area contributed by atoms with Gasteiger partial charge in [0.2, 0.25) is 0 Å². The Bertz CT molecular complexity index is 612. The minimum absolute atomic E-state index is 0.382. The van der Waals surface area contributed by atoms with Gasteiger partial charge in [-0.05, 0) is 83.3 Å². The average molecular weight is 379 g/mol. The molecule has 0 heterocycles. The average Bonchev–Trinajstić information content (AvgIpc) is 2.47. The molecule has 2 nitrogen and oxygen atoms in total. The topological polar surface area (TPSA) is 21.3 Å².